The number of carboxylic acids is 1. The van der Waals surface area contributed by atoms with Crippen molar-refractivity contribution in [1.82, 2.24) is 25.2 Å². The van der Waals surface area contributed by atoms with Crippen LogP contribution in [0.3, 0.4) is 0 Å². The zero-order valence-electron chi connectivity index (χ0n) is 9.52. The van der Waals surface area contributed by atoms with Gasteiger partial charge in [-0.2, -0.15) is 0 Å². The maximum Gasteiger partial charge on any atom is 0.335 e. The van der Waals surface area contributed by atoms with Gasteiger partial charge in [0.2, 0.25) is 5.16 Å². The molecule has 1 saturated carbocycles. The molecule has 3 rings (SSSR count). The zero-order valence-corrected chi connectivity index (χ0v) is 11.1. The van der Waals surface area contributed by atoms with Crippen molar-refractivity contribution in [2.45, 2.75) is 29.1 Å². The highest BCUT2D eigenvalue weighted by Crippen LogP contribution is 2.37. The minimum Gasteiger partial charge on any atom is -0.478 e. The van der Waals surface area contributed by atoms with Crippen molar-refractivity contribution in [1.29, 1.82) is 0 Å². The van der Waals surface area contributed by atoms with Crippen LogP contribution in [0.4, 0.5) is 0 Å². The second-order valence-electron chi connectivity index (χ2n) is 4.06. The van der Waals surface area contributed by atoms with E-state index in [4.69, 9.17) is 16.7 Å². The highest BCUT2D eigenvalue weighted by molar-refractivity contribution is 7.99. The van der Waals surface area contributed by atoms with Crippen LogP contribution < -0.4 is 0 Å². The van der Waals surface area contributed by atoms with Gasteiger partial charge in [0, 0.05) is 0 Å². The first kappa shape index (κ1) is 12.4. The molecule has 0 radical (unpaired) electrons. The SMILES string of the molecule is O=C(O)c1cc(Cl)nc(Sc2nnnn2C2CC2)c1. The van der Waals surface area contributed by atoms with Gasteiger partial charge in [0.05, 0.1) is 11.6 Å². The molecule has 19 heavy (non-hydrogen) atoms. The van der Waals surface area contributed by atoms with Gasteiger partial charge >= 0.3 is 5.97 Å². The van der Waals surface area contributed by atoms with Crippen LogP contribution in [0.25, 0.3) is 0 Å². The first-order valence-electron chi connectivity index (χ1n) is 5.50. The Morgan fingerprint density at radius 2 is 2.26 bits per heavy atom. The summed E-state index contributed by atoms with van der Waals surface area (Å²) in [6.07, 6.45) is 2.11. The van der Waals surface area contributed by atoms with Crippen LogP contribution in [0.5, 0.6) is 0 Å². The second kappa shape index (κ2) is 4.78. The maximum atomic E-state index is 11.0. The molecule has 1 aliphatic carbocycles. The molecule has 0 atom stereocenters. The van der Waals surface area contributed by atoms with E-state index in [-0.39, 0.29) is 10.7 Å². The number of rotatable bonds is 4. The fourth-order valence-corrected chi connectivity index (χ4v) is 2.68. The number of aromatic carboxylic acids is 1. The number of carboxylic acid groups (broad SMARTS) is 1. The number of pyridine rings is 1. The summed E-state index contributed by atoms with van der Waals surface area (Å²) in [5.74, 6) is -1.05. The van der Waals surface area contributed by atoms with Crippen LogP contribution >= 0.6 is 23.4 Å². The molecule has 2 heterocycles. The van der Waals surface area contributed by atoms with E-state index in [2.05, 4.69) is 20.5 Å². The fourth-order valence-electron chi connectivity index (χ4n) is 1.54. The summed E-state index contributed by atoms with van der Waals surface area (Å²) in [6, 6.07) is 3.10. The van der Waals surface area contributed by atoms with Crippen molar-refractivity contribution in [2.24, 2.45) is 0 Å². The summed E-state index contributed by atoms with van der Waals surface area (Å²) < 4.78 is 1.73. The second-order valence-corrected chi connectivity index (χ2v) is 5.44. The third-order valence-electron chi connectivity index (χ3n) is 2.57. The number of carbonyl (C=O) groups is 1. The highest BCUT2D eigenvalue weighted by Gasteiger charge is 2.28. The Morgan fingerprint density at radius 3 is 2.95 bits per heavy atom. The van der Waals surface area contributed by atoms with Crippen LogP contribution in [0.15, 0.2) is 22.3 Å². The largest absolute Gasteiger partial charge is 0.478 e. The normalized spacial score (nSPS) is 14.6. The van der Waals surface area contributed by atoms with Crippen molar-refractivity contribution in [2.75, 3.05) is 0 Å². The Bertz CT molecular complexity index is 643. The number of halogens is 1. The first-order chi connectivity index (χ1) is 9.13. The lowest BCUT2D eigenvalue weighted by atomic mass is 10.3. The van der Waals surface area contributed by atoms with E-state index in [0.717, 1.165) is 12.8 Å². The smallest absolute Gasteiger partial charge is 0.335 e. The van der Waals surface area contributed by atoms with Crippen LogP contribution in [0.1, 0.15) is 29.2 Å². The quantitative estimate of drug-likeness (QED) is 0.861. The van der Waals surface area contributed by atoms with Gasteiger partial charge in [-0.1, -0.05) is 11.6 Å². The molecule has 0 saturated heterocycles. The van der Waals surface area contributed by atoms with Crippen LogP contribution in [0, 0.1) is 0 Å². The van der Waals surface area contributed by atoms with Gasteiger partial charge in [0.15, 0.2) is 0 Å². The average Bonchev–Trinajstić information content (AvgIpc) is 3.10. The summed E-state index contributed by atoms with van der Waals surface area (Å²) >= 11 is 7.01. The summed E-state index contributed by atoms with van der Waals surface area (Å²) in [5, 5.41) is 21.6. The van der Waals surface area contributed by atoms with Gasteiger partial charge in [-0.05, 0) is 47.2 Å². The molecule has 0 unspecified atom stereocenters. The molecule has 2 aromatic heterocycles. The van der Waals surface area contributed by atoms with E-state index in [9.17, 15) is 4.79 Å². The van der Waals surface area contributed by atoms with E-state index >= 15 is 0 Å². The minimum absolute atomic E-state index is 0.0907. The van der Waals surface area contributed by atoms with Gasteiger partial charge in [-0.25, -0.2) is 14.5 Å². The molecule has 1 N–H and O–H groups in total. The summed E-state index contributed by atoms with van der Waals surface area (Å²) in [6.45, 7) is 0. The summed E-state index contributed by atoms with van der Waals surface area (Å²) in [5.41, 5.74) is 0.0907. The maximum absolute atomic E-state index is 11.0. The molecule has 2 aromatic rings. The van der Waals surface area contributed by atoms with Crippen LogP contribution in [0.2, 0.25) is 5.15 Å². The molecule has 0 aromatic carbocycles. The Balaban J connectivity index is 1.90. The van der Waals surface area contributed by atoms with E-state index < -0.39 is 5.97 Å². The molecule has 0 spiro atoms. The lowest BCUT2D eigenvalue weighted by molar-refractivity contribution is 0.0696. The molecule has 0 aliphatic heterocycles. The standard InChI is InChI=1S/C10H8ClN5O2S/c11-7-3-5(9(17)18)4-8(12-7)19-10-13-14-15-16(10)6-1-2-6/h3-4,6H,1-2H2,(H,17,18). The van der Waals surface area contributed by atoms with Gasteiger partial charge < -0.3 is 5.11 Å². The predicted molar refractivity (Wildman–Crippen MR) is 66.4 cm³/mol. The summed E-state index contributed by atoms with van der Waals surface area (Å²) in [7, 11) is 0. The monoisotopic (exact) mass is 297 g/mol. The molecule has 7 nitrogen and oxygen atoms in total. The van der Waals surface area contributed by atoms with E-state index in [1.807, 2.05) is 0 Å². The predicted octanol–water partition coefficient (Wildman–Crippen LogP) is 1.91. The summed E-state index contributed by atoms with van der Waals surface area (Å²) in [4.78, 5) is 15.0. The lowest BCUT2D eigenvalue weighted by Crippen LogP contribution is -2.00. The lowest BCUT2D eigenvalue weighted by Gasteiger charge is -2.03. The first-order valence-corrected chi connectivity index (χ1v) is 6.69. The molecule has 1 aliphatic rings. The van der Waals surface area contributed by atoms with E-state index in [1.54, 1.807) is 4.68 Å². The topological polar surface area (TPSA) is 93.8 Å². The fraction of sp³-hybridized carbons (Fsp3) is 0.300. The Morgan fingerprint density at radius 1 is 1.47 bits per heavy atom. The zero-order chi connectivity index (χ0) is 13.4. The third kappa shape index (κ3) is 2.69. The Kier molecular flexibility index (Phi) is 3.11. The number of hydrogen-bond donors (Lipinski definition) is 1. The van der Waals surface area contributed by atoms with Crippen LogP contribution in [-0.4, -0.2) is 36.3 Å². The highest BCUT2D eigenvalue weighted by atomic mass is 35.5. The van der Waals surface area contributed by atoms with E-state index in [1.165, 1.54) is 23.9 Å². The van der Waals surface area contributed by atoms with Crippen molar-refractivity contribution >= 4 is 29.3 Å². The number of aromatic nitrogens is 5. The average molecular weight is 298 g/mol. The molecule has 0 bridgehead atoms. The molecule has 98 valence electrons. The molecule has 1 fully saturated rings. The van der Waals surface area contributed by atoms with Crippen LogP contribution in [-0.2, 0) is 0 Å². The van der Waals surface area contributed by atoms with Crippen molar-refractivity contribution in [3.05, 3.63) is 22.8 Å². The molecular weight excluding hydrogens is 290 g/mol. The Hall–Kier alpha value is -1.67. The number of tetrazole rings is 1. The third-order valence-corrected chi connectivity index (χ3v) is 3.63. The minimum atomic E-state index is -1.05. The van der Waals surface area contributed by atoms with Gasteiger partial charge in [0.25, 0.3) is 0 Å². The van der Waals surface area contributed by atoms with Gasteiger partial charge in [-0.15, -0.1) is 5.10 Å². The number of hydrogen-bond acceptors (Lipinski definition) is 6. The molecule has 9 heteroatoms. The van der Waals surface area contributed by atoms with E-state index in [0.29, 0.717) is 16.2 Å². The Labute approximate surface area is 117 Å². The van der Waals surface area contributed by atoms with Crippen molar-refractivity contribution < 1.29 is 9.90 Å². The van der Waals surface area contributed by atoms with Gasteiger partial charge in [-0.3, -0.25) is 0 Å². The van der Waals surface area contributed by atoms with Crippen molar-refractivity contribution in [3.8, 4) is 0 Å². The molecule has 0 amide bonds. The molecular formula is C10H8ClN5O2S. The van der Waals surface area contributed by atoms with Crippen molar-refractivity contribution in [3.63, 3.8) is 0 Å². The van der Waals surface area contributed by atoms with Gasteiger partial charge in [0.1, 0.15) is 10.2 Å². The number of nitrogens with zero attached hydrogens (tertiary/aromatic N) is 5.